The number of hydrogen-bond donors (Lipinski definition) is 2. The van der Waals surface area contributed by atoms with Crippen molar-refractivity contribution in [2.24, 2.45) is 7.05 Å². The van der Waals surface area contributed by atoms with Crippen molar-refractivity contribution in [2.75, 3.05) is 6.61 Å². The first-order valence-electron chi connectivity index (χ1n) is 5.37. The van der Waals surface area contributed by atoms with Crippen LogP contribution in [0, 0.1) is 3.57 Å². The lowest BCUT2D eigenvalue weighted by atomic mass is 10.2. The molecule has 18 heavy (non-hydrogen) atoms. The van der Waals surface area contributed by atoms with Crippen molar-refractivity contribution in [1.29, 1.82) is 0 Å². The minimum Gasteiger partial charge on any atom is -0.394 e. The van der Waals surface area contributed by atoms with E-state index in [4.69, 9.17) is 9.84 Å². The molecule has 1 aliphatic rings. The zero-order valence-electron chi connectivity index (χ0n) is 9.62. The molecule has 8 heteroatoms. The molecule has 1 fully saturated rings. The van der Waals surface area contributed by atoms with Gasteiger partial charge in [0.25, 0.3) is 5.56 Å². The fourth-order valence-corrected chi connectivity index (χ4v) is 2.57. The lowest BCUT2D eigenvalue weighted by Crippen LogP contribution is -2.40. The summed E-state index contributed by atoms with van der Waals surface area (Å²) in [6, 6.07) is 0. The summed E-state index contributed by atoms with van der Waals surface area (Å²) in [4.78, 5) is 23.5. The van der Waals surface area contributed by atoms with E-state index in [1.54, 1.807) is 0 Å². The van der Waals surface area contributed by atoms with Crippen LogP contribution in [-0.2, 0) is 11.8 Å². The van der Waals surface area contributed by atoms with Gasteiger partial charge in [0.05, 0.1) is 16.3 Å². The lowest BCUT2D eigenvalue weighted by Gasteiger charge is -2.15. The van der Waals surface area contributed by atoms with Crippen molar-refractivity contribution in [1.82, 2.24) is 9.13 Å². The number of rotatable bonds is 2. The molecule has 0 saturated carbocycles. The molecule has 0 aliphatic carbocycles. The Bertz CT molecular complexity index is 566. The van der Waals surface area contributed by atoms with Crippen LogP contribution < -0.4 is 11.2 Å². The van der Waals surface area contributed by atoms with Crippen molar-refractivity contribution in [3.63, 3.8) is 0 Å². The first-order valence-corrected chi connectivity index (χ1v) is 6.45. The van der Waals surface area contributed by atoms with Gasteiger partial charge in [-0.2, -0.15) is 0 Å². The molecular formula is C10H13IN2O5. The average Bonchev–Trinajstić information content (AvgIpc) is 2.72. The number of aliphatic hydroxyl groups excluding tert-OH is 2. The van der Waals surface area contributed by atoms with Gasteiger partial charge in [-0.3, -0.25) is 13.9 Å². The largest absolute Gasteiger partial charge is 0.394 e. The zero-order chi connectivity index (χ0) is 13.4. The van der Waals surface area contributed by atoms with Gasteiger partial charge < -0.3 is 14.9 Å². The van der Waals surface area contributed by atoms with Crippen LogP contribution in [-0.4, -0.2) is 38.2 Å². The van der Waals surface area contributed by atoms with E-state index in [1.165, 1.54) is 17.8 Å². The molecule has 0 unspecified atom stereocenters. The van der Waals surface area contributed by atoms with E-state index in [0.29, 0.717) is 3.57 Å². The number of hydrogen-bond acceptors (Lipinski definition) is 5. The minimum absolute atomic E-state index is 0.208. The minimum atomic E-state index is -0.818. The Balaban J connectivity index is 2.42. The Morgan fingerprint density at radius 3 is 2.78 bits per heavy atom. The molecule has 3 atom stereocenters. The molecule has 0 spiro atoms. The highest BCUT2D eigenvalue weighted by molar-refractivity contribution is 14.1. The maximum Gasteiger partial charge on any atom is 0.332 e. The summed E-state index contributed by atoms with van der Waals surface area (Å²) in [5, 5.41) is 18.6. The molecule has 0 bridgehead atoms. The summed E-state index contributed by atoms with van der Waals surface area (Å²) >= 11 is 1.84. The van der Waals surface area contributed by atoms with E-state index in [2.05, 4.69) is 0 Å². The summed E-state index contributed by atoms with van der Waals surface area (Å²) in [7, 11) is 1.39. The van der Waals surface area contributed by atoms with Crippen LogP contribution in [0.3, 0.4) is 0 Å². The van der Waals surface area contributed by atoms with E-state index in [1.807, 2.05) is 22.6 Å². The zero-order valence-corrected chi connectivity index (χ0v) is 11.8. The highest BCUT2D eigenvalue weighted by Crippen LogP contribution is 2.27. The molecule has 0 amide bonds. The molecule has 1 aromatic rings. The third-order valence-electron chi connectivity index (χ3n) is 2.96. The Morgan fingerprint density at radius 1 is 1.56 bits per heavy atom. The number of aromatic nitrogens is 2. The van der Waals surface area contributed by atoms with Crippen LogP contribution in [0.4, 0.5) is 0 Å². The standard InChI is InChI=1S/C10H13IN2O5/c1-12-9(16)5(11)3-13(10(12)17)8-2-6(15)7(4-14)18-8/h3,6-8,14-15H,2,4H2,1H3/t6-,7+,8+/m0/s1. The average molecular weight is 368 g/mol. The highest BCUT2D eigenvalue weighted by atomic mass is 127. The topological polar surface area (TPSA) is 93.7 Å². The van der Waals surface area contributed by atoms with Crippen LogP contribution in [0.5, 0.6) is 0 Å². The van der Waals surface area contributed by atoms with Gasteiger partial charge in [-0.15, -0.1) is 0 Å². The molecule has 1 saturated heterocycles. The Labute approximate surface area is 116 Å². The van der Waals surface area contributed by atoms with E-state index < -0.39 is 24.1 Å². The van der Waals surface area contributed by atoms with Crippen LogP contribution in [0.2, 0.25) is 0 Å². The monoisotopic (exact) mass is 368 g/mol. The molecule has 100 valence electrons. The normalized spacial score (nSPS) is 27.7. The molecule has 7 nitrogen and oxygen atoms in total. The smallest absolute Gasteiger partial charge is 0.332 e. The number of nitrogens with zero attached hydrogens (tertiary/aromatic N) is 2. The third kappa shape index (κ3) is 2.25. The SMILES string of the molecule is Cn1c(=O)c(I)cn([C@H]2C[C@H](O)[C@@H](CO)O2)c1=O. The predicted molar refractivity (Wildman–Crippen MR) is 70.3 cm³/mol. The van der Waals surface area contributed by atoms with Crippen molar-refractivity contribution in [3.05, 3.63) is 30.6 Å². The molecule has 1 aromatic heterocycles. The van der Waals surface area contributed by atoms with Crippen LogP contribution in [0.25, 0.3) is 0 Å². The van der Waals surface area contributed by atoms with Gasteiger partial charge in [0.15, 0.2) is 0 Å². The number of ether oxygens (including phenoxy) is 1. The van der Waals surface area contributed by atoms with Crippen molar-refractivity contribution in [2.45, 2.75) is 24.9 Å². The molecular weight excluding hydrogens is 355 g/mol. The van der Waals surface area contributed by atoms with Gasteiger partial charge in [-0.05, 0) is 22.6 Å². The van der Waals surface area contributed by atoms with Gasteiger partial charge in [-0.1, -0.05) is 0 Å². The molecule has 2 N–H and O–H groups in total. The number of aliphatic hydroxyl groups is 2. The Morgan fingerprint density at radius 2 is 2.22 bits per heavy atom. The summed E-state index contributed by atoms with van der Waals surface area (Å²) < 4.78 is 8.03. The molecule has 0 radical (unpaired) electrons. The fraction of sp³-hybridized carbons (Fsp3) is 0.600. The summed E-state index contributed by atoms with van der Waals surface area (Å²) in [6.45, 7) is -0.310. The second-order valence-electron chi connectivity index (χ2n) is 4.15. The van der Waals surface area contributed by atoms with Crippen LogP contribution in [0.15, 0.2) is 15.8 Å². The Hall–Kier alpha value is -0.710. The summed E-state index contributed by atoms with van der Waals surface area (Å²) in [5.41, 5.74) is -0.870. The van der Waals surface area contributed by atoms with E-state index >= 15 is 0 Å². The molecule has 1 aliphatic heterocycles. The summed E-state index contributed by atoms with van der Waals surface area (Å²) in [5.74, 6) is 0. The second-order valence-corrected chi connectivity index (χ2v) is 5.31. The van der Waals surface area contributed by atoms with Gasteiger partial charge in [0.1, 0.15) is 12.3 Å². The highest BCUT2D eigenvalue weighted by Gasteiger charge is 2.35. The predicted octanol–water partition coefficient (Wildman–Crippen LogP) is -1.21. The van der Waals surface area contributed by atoms with E-state index in [-0.39, 0.29) is 18.6 Å². The third-order valence-corrected chi connectivity index (χ3v) is 3.70. The second kappa shape index (κ2) is 5.11. The van der Waals surface area contributed by atoms with Gasteiger partial charge in [0.2, 0.25) is 0 Å². The van der Waals surface area contributed by atoms with Crippen LogP contribution in [0.1, 0.15) is 12.6 Å². The maximum absolute atomic E-state index is 11.9. The first kappa shape index (κ1) is 13.7. The maximum atomic E-state index is 11.9. The van der Waals surface area contributed by atoms with Crippen molar-refractivity contribution in [3.8, 4) is 0 Å². The van der Waals surface area contributed by atoms with Gasteiger partial charge >= 0.3 is 5.69 Å². The van der Waals surface area contributed by atoms with Crippen LogP contribution >= 0.6 is 22.6 Å². The fourth-order valence-electron chi connectivity index (χ4n) is 1.91. The van der Waals surface area contributed by atoms with Crippen molar-refractivity contribution < 1.29 is 14.9 Å². The lowest BCUT2D eigenvalue weighted by molar-refractivity contribution is -0.0463. The van der Waals surface area contributed by atoms with Crippen molar-refractivity contribution >= 4 is 22.6 Å². The molecule has 0 aromatic carbocycles. The quantitative estimate of drug-likeness (QED) is 0.640. The first-order chi connectivity index (χ1) is 8.45. The van der Waals surface area contributed by atoms with E-state index in [0.717, 1.165) is 4.57 Å². The van der Waals surface area contributed by atoms with E-state index in [9.17, 15) is 14.7 Å². The summed E-state index contributed by atoms with van der Waals surface area (Å²) in [6.07, 6.45) is -0.564. The van der Waals surface area contributed by atoms with Gasteiger partial charge in [0, 0.05) is 19.7 Å². The number of halogens is 1. The molecule has 2 heterocycles. The molecule has 2 rings (SSSR count). The Kier molecular flexibility index (Phi) is 3.90. The van der Waals surface area contributed by atoms with Gasteiger partial charge in [-0.25, -0.2) is 4.79 Å².